The van der Waals surface area contributed by atoms with Crippen LogP contribution in [0.15, 0.2) is 5.03 Å². The Bertz CT molecular complexity index is 424. The van der Waals surface area contributed by atoms with Crippen molar-refractivity contribution >= 4 is 57.5 Å². The molecule has 1 heterocycles. The first-order valence-electron chi connectivity index (χ1n) is 4.74. The van der Waals surface area contributed by atoms with Crippen LogP contribution in [0.1, 0.15) is 13.8 Å². The van der Waals surface area contributed by atoms with Crippen molar-refractivity contribution in [3.8, 4) is 0 Å². The van der Waals surface area contributed by atoms with Crippen molar-refractivity contribution in [2.45, 2.75) is 18.9 Å². The molecule has 3 nitrogen and oxygen atoms in total. The van der Waals surface area contributed by atoms with Crippen molar-refractivity contribution < 1.29 is 4.52 Å². The second-order valence-corrected chi connectivity index (χ2v) is 9.74. The lowest BCUT2D eigenvalue weighted by Gasteiger charge is -2.10. The van der Waals surface area contributed by atoms with Crippen LogP contribution in [0.2, 0.25) is 5.02 Å². The SMILES string of the molecule is CCOP(=S)(Cl)c1nn(C)c(SCC)c1Cl. The fourth-order valence-electron chi connectivity index (χ4n) is 1.16. The van der Waals surface area contributed by atoms with Crippen LogP contribution in [0.4, 0.5) is 0 Å². The van der Waals surface area contributed by atoms with E-state index in [-0.39, 0.29) is 0 Å². The lowest BCUT2D eigenvalue weighted by atomic mass is 10.7. The van der Waals surface area contributed by atoms with Crippen LogP contribution in [0.25, 0.3) is 0 Å². The van der Waals surface area contributed by atoms with Crippen molar-refractivity contribution in [3.63, 3.8) is 0 Å². The quantitative estimate of drug-likeness (QED) is 0.614. The molecule has 1 unspecified atom stereocenters. The predicted octanol–water partition coefficient (Wildman–Crippen LogP) is 3.40. The van der Waals surface area contributed by atoms with Crippen LogP contribution in [-0.4, -0.2) is 22.1 Å². The summed E-state index contributed by atoms with van der Waals surface area (Å²) in [6.45, 7) is 4.36. The van der Waals surface area contributed by atoms with Crippen LogP contribution in [-0.2, 0) is 23.4 Å². The molecule has 0 aliphatic rings. The van der Waals surface area contributed by atoms with E-state index in [1.54, 1.807) is 16.4 Å². The Balaban J connectivity index is 3.16. The highest BCUT2D eigenvalue weighted by Crippen LogP contribution is 2.53. The fraction of sp³-hybridized carbons (Fsp3) is 0.625. The molecule has 0 aliphatic heterocycles. The van der Waals surface area contributed by atoms with Crippen LogP contribution in [0.5, 0.6) is 0 Å². The van der Waals surface area contributed by atoms with E-state index in [1.807, 2.05) is 20.9 Å². The lowest BCUT2D eigenvalue weighted by Crippen LogP contribution is -2.07. The topological polar surface area (TPSA) is 27.1 Å². The van der Waals surface area contributed by atoms with Crippen molar-refractivity contribution in [2.24, 2.45) is 7.05 Å². The summed E-state index contributed by atoms with van der Waals surface area (Å²) < 4.78 is 7.07. The average molecular weight is 319 g/mol. The zero-order valence-corrected chi connectivity index (χ0v) is 13.3. The van der Waals surface area contributed by atoms with Crippen molar-refractivity contribution in [2.75, 3.05) is 12.4 Å². The van der Waals surface area contributed by atoms with Gasteiger partial charge >= 0.3 is 0 Å². The minimum atomic E-state index is -2.58. The molecule has 1 aromatic rings. The van der Waals surface area contributed by atoms with Crippen LogP contribution < -0.4 is 5.44 Å². The van der Waals surface area contributed by atoms with Gasteiger partial charge in [-0.15, -0.1) is 11.8 Å². The number of aryl methyl sites for hydroxylation is 1. The summed E-state index contributed by atoms with van der Waals surface area (Å²) in [6.07, 6.45) is 0. The Morgan fingerprint density at radius 2 is 2.19 bits per heavy atom. The zero-order valence-electron chi connectivity index (χ0n) is 9.24. The van der Waals surface area contributed by atoms with E-state index in [0.29, 0.717) is 17.1 Å². The number of thioether (sulfide) groups is 1. The maximum Gasteiger partial charge on any atom is 0.202 e. The second-order valence-electron chi connectivity index (χ2n) is 2.90. The normalized spacial score (nSPS) is 15.1. The Morgan fingerprint density at radius 1 is 1.56 bits per heavy atom. The van der Waals surface area contributed by atoms with E-state index in [1.165, 1.54) is 0 Å². The molecule has 0 saturated carbocycles. The summed E-state index contributed by atoms with van der Waals surface area (Å²) in [7, 11) is 1.82. The van der Waals surface area contributed by atoms with Gasteiger partial charge in [-0.3, -0.25) is 4.68 Å². The molecule has 92 valence electrons. The molecule has 0 spiro atoms. The number of aromatic nitrogens is 2. The molecular formula is C8H13Cl2N2OPS2. The monoisotopic (exact) mass is 318 g/mol. The Labute approximate surface area is 115 Å². The van der Waals surface area contributed by atoms with Gasteiger partial charge in [-0.1, -0.05) is 18.5 Å². The smallest absolute Gasteiger partial charge is 0.202 e. The second kappa shape index (κ2) is 6.07. The van der Waals surface area contributed by atoms with Gasteiger partial charge in [-0.05, 0) is 35.7 Å². The van der Waals surface area contributed by atoms with Gasteiger partial charge in [0.15, 0.2) is 5.44 Å². The summed E-state index contributed by atoms with van der Waals surface area (Å²) in [5, 5.41) is 5.68. The Morgan fingerprint density at radius 3 is 2.69 bits per heavy atom. The molecule has 0 amide bonds. The predicted molar refractivity (Wildman–Crippen MR) is 76.0 cm³/mol. The maximum atomic E-state index is 6.22. The maximum absolute atomic E-state index is 6.22. The first-order chi connectivity index (χ1) is 7.44. The van der Waals surface area contributed by atoms with Crippen molar-refractivity contribution in [3.05, 3.63) is 5.02 Å². The summed E-state index contributed by atoms with van der Waals surface area (Å²) >= 11 is 19.3. The van der Waals surface area contributed by atoms with Crippen LogP contribution in [0.3, 0.4) is 0 Å². The molecule has 0 saturated heterocycles. The highest BCUT2D eigenvalue weighted by Gasteiger charge is 2.27. The molecule has 1 atom stereocenters. The number of rotatable bonds is 5. The summed E-state index contributed by atoms with van der Waals surface area (Å²) in [4.78, 5) is 0. The molecule has 0 bridgehead atoms. The molecule has 1 rings (SSSR count). The first-order valence-corrected chi connectivity index (χ1v) is 9.73. The van der Waals surface area contributed by atoms with E-state index in [4.69, 9.17) is 39.2 Å². The number of halogens is 2. The molecule has 0 radical (unpaired) electrons. The van der Waals surface area contributed by atoms with Crippen molar-refractivity contribution in [1.82, 2.24) is 9.78 Å². The number of hydrogen-bond donors (Lipinski definition) is 0. The number of nitrogens with zero attached hydrogens (tertiary/aromatic N) is 2. The van der Waals surface area contributed by atoms with E-state index < -0.39 is 5.62 Å². The molecule has 16 heavy (non-hydrogen) atoms. The summed E-state index contributed by atoms with van der Waals surface area (Å²) in [5.41, 5.74) is -2.08. The fourth-order valence-corrected chi connectivity index (χ4v) is 5.30. The van der Waals surface area contributed by atoms with E-state index in [0.717, 1.165) is 10.8 Å². The molecular weight excluding hydrogens is 306 g/mol. The molecule has 0 aliphatic carbocycles. The van der Waals surface area contributed by atoms with Gasteiger partial charge in [-0.2, -0.15) is 5.10 Å². The van der Waals surface area contributed by atoms with Gasteiger partial charge in [0, 0.05) is 7.05 Å². The third-order valence-electron chi connectivity index (χ3n) is 1.75. The first kappa shape index (κ1) is 14.8. The Kier molecular flexibility index (Phi) is 5.62. The average Bonchev–Trinajstić information content (AvgIpc) is 2.46. The standard InChI is InChI=1S/C8H13Cl2N2OPS2/c1-4-13-14(10,15)7-6(9)8(16-5-2)12(3)11-7/h4-5H2,1-3H3. The molecule has 0 N–H and O–H groups in total. The van der Waals surface area contributed by atoms with E-state index in [9.17, 15) is 0 Å². The van der Waals surface area contributed by atoms with Gasteiger partial charge in [0.1, 0.15) is 10.0 Å². The van der Waals surface area contributed by atoms with Crippen LogP contribution >= 0.6 is 40.2 Å². The Hall–Kier alpha value is 0.750. The summed E-state index contributed by atoms with van der Waals surface area (Å²) in [5.74, 6) is 0.915. The van der Waals surface area contributed by atoms with Gasteiger partial charge in [0.2, 0.25) is 5.62 Å². The number of hydrogen-bond acceptors (Lipinski definition) is 4. The molecule has 1 aromatic heterocycles. The van der Waals surface area contributed by atoms with Gasteiger partial charge in [-0.25, -0.2) is 0 Å². The molecule has 0 aromatic carbocycles. The molecule has 8 heteroatoms. The largest absolute Gasteiger partial charge is 0.334 e. The lowest BCUT2D eigenvalue weighted by molar-refractivity contribution is 0.389. The van der Waals surface area contributed by atoms with E-state index in [2.05, 4.69) is 5.10 Å². The van der Waals surface area contributed by atoms with Gasteiger partial charge in [0.25, 0.3) is 0 Å². The highest BCUT2D eigenvalue weighted by molar-refractivity contribution is 8.28. The minimum absolute atomic E-state index is 0.462. The van der Waals surface area contributed by atoms with Crippen LogP contribution in [0, 0.1) is 0 Å². The summed E-state index contributed by atoms with van der Waals surface area (Å²) in [6, 6.07) is 0. The van der Waals surface area contributed by atoms with Gasteiger partial charge < -0.3 is 4.52 Å². The van der Waals surface area contributed by atoms with Gasteiger partial charge in [0.05, 0.1) is 6.61 Å². The third kappa shape index (κ3) is 3.15. The zero-order chi connectivity index (χ0) is 12.3. The van der Waals surface area contributed by atoms with E-state index >= 15 is 0 Å². The molecule has 0 fully saturated rings. The third-order valence-corrected chi connectivity index (χ3v) is 6.40. The minimum Gasteiger partial charge on any atom is -0.334 e. The highest BCUT2D eigenvalue weighted by atomic mass is 35.7. The van der Waals surface area contributed by atoms with Crippen molar-refractivity contribution in [1.29, 1.82) is 0 Å².